The molecule has 0 spiro atoms. The highest BCUT2D eigenvalue weighted by Crippen LogP contribution is 2.40. The number of hydrogen-bond acceptors (Lipinski definition) is 1. The van der Waals surface area contributed by atoms with Crippen LogP contribution in [0.2, 0.25) is 0 Å². The summed E-state index contributed by atoms with van der Waals surface area (Å²) in [7, 11) is 0. The smallest absolute Gasteiger partial charge is 0.00705 e. The van der Waals surface area contributed by atoms with Gasteiger partial charge in [-0.15, -0.1) is 0 Å². The van der Waals surface area contributed by atoms with Crippen molar-refractivity contribution in [1.82, 2.24) is 0 Å². The van der Waals surface area contributed by atoms with Gasteiger partial charge in [0.1, 0.15) is 0 Å². The highest BCUT2D eigenvalue weighted by Gasteiger charge is 2.31. The van der Waals surface area contributed by atoms with Gasteiger partial charge < -0.3 is 5.73 Å². The van der Waals surface area contributed by atoms with Crippen LogP contribution in [0.1, 0.15) is 42.4 Å². The summed E-state index contributed by atoms with van der Waals surface area (Å²) in [5.41, 5.74) is 10.5. The van der Waals surface area contributed by atoms with Crippen molar-refractivity contribution in [3.8, 4) is 0 Å². The number of rotatable bonds is 1. The van der Waals surface area contributed by atoms with Crippen LogP contribution in [0.3, 0.4) is 0 Å². The van der Waals surface area contributed by atoms with Crippen molar-refractivity contribution in [3.63, 3.8) is 0 Å². The van der Waals surface area contributed by atoms with E-state index >= 15 is 0 Å². The van der Waals surface area contributed by atoms with E-state index in [0.29, 0.717) is 17.9 Å². The van der Waals surface area contributed by atoms with Gasteiger partial charge in [0.05, 0.1) is 0 Å². The van der Waals surface area contributed by atoms with Crippen LogP contribution in [-0.4, -0.2) is 6.04 Å². The fourth-order valence-corrected chi connectivity index (χ4v) is 2.81. The second-order valence-corrected chi connectivity index (χ2v) is 5.00. The van der Waals surface area contributed by atoms with E-state index in [1.807, 2.05) is 0 Å². The molecular weight excluding hydrogens is 182 g/mol. The molecule has 0 aromatic heterocycles. The second kappa shape index (κ2) is 3.97. The Kier molecular flexibility index (Phi) is 2.83. The quantitative estimate of drug-likeness (QED) is 0.745. The fraction of sp³-hybridized carbons (Fsp3) is 0.571. The SMILES string of the molecule is Cc1cccc(C2CCC(N)C2C)c1C. The van der Waals surface area contributed by atoms with Crippen LogP contribution in [0.4, 0.5) is 0 Å². The Morgan fingerprint density at radius 3 is 2.53 bits per heavy atom. The maximum Gasteiger partial charge on any atom is 0.00705 e. The maximum absolute atomic E-state index is 6.09. The molecule has 1 aliphatic carbocycles. The fourth-order valence-electron chi connectivity index (χ4n) is 2.81. The third-order valence-electron chi connectivity index (χ3n) is 4.17. The van der Waals surface area contributed by atoms with Crippen LogP contribution < -0.4 is 5.73 Å². The lowest BCUT2D eigenvalue weighted by Gasteiger charge is -2.21. The Balaban J connectivity index is 2.34. The molecule has 1 saturated carbocycles. The summed E-state index contributed by atoms with van der Waals surface area (Å²) in [4.78, 5) is 0. The van der Waals surface area contributed by atoms with Gasteiger partial charge in [-0.2, -0.15) is 0 Å². The zero-order valence-corrected chi connectivity index (χ0v) is 9.96. The van der Waals surface area contributed by atoms with Gasteiger partial charge in [-0.1, -0.05) is 25.1 Å². The third kappa shape index (κ3) is 1.81. The van der Waals surface area contributed by atoms with E-state index in [9.17, 15) is 0 Å². The number of aryl methyl sites for hydroxylation is 1. The molecule has 2 N–H and O–H groups in total. The van der Waals surface area contributed by atoms with Crippen molar-refractivity contribution in [1.29, 1.82) is 0 Å². The molecule has 1 heteroatoms. The molecule has 1 nitrogen and oxygen atoms in total. The zero-order chi connectivity index (χ0) is 11.0. The lowest BCUT2D eigenvalue weighted by atomic mass is 9.85. The summed E-state index contributed by atoms with van der Waals surface area (Å²) >= 11 is 0. The molecule has 1 aromatic carbocycles. The molecule has 82 valence electrons. The number of hydrogen-bond donors (Lipinski definition) is 1. The molecule has 0 aliphatic heterocycles. The van der Waals surface area contributed by atoms with Gasteiger partial charge in [0.2, 0.25) is 0 Å². The van der Waals surface area contributed by atoms with Crippen LogP contribution >= 0.6 is 0 Å². The van der Waals surface area contributed by atoms with Crippen molar-refractivity contribution in [2.75, 3.05) is 0 Å². The lowest BCUT2D eigenvalue weighted by Crippen LogP contribution is -2.24. The van der Waals surface area contributed by atoms with E-state index in [-0.39, 0.29) is 0 Å². The Hall–Kier alpha value is -0.820. The first-order valence-electron chi connectivity index (χ1n) is 5.93. The number of benzene rings is 1. The van der Waals surface area contributed by atoms with Gasteiger partial charge in [0, 0.05) is 6.04 Å². The van der Waals surface area contributed by atoms with E-state index in [1.165, 1.54) is 29.5 Å². The Morgan fingerprint density at radius 1 is 1.20 bits per heavy atom. The molecule has 1 aromatic rings. The molecule has 0 bridgehead atoms. The number of nitrogens with two attached hydrogens (primary N) is 1. The minimum absolute atomic E-state index is 0.398. The molecular formula is C14H21N. The molecule has 3 unspecified atom stereocenters. The molecule has 1 aliphatic rings. The third-order valence-corrected chi connectivity index (χ3v) is 4.17. The standard InChI is InChI=1S/C14H21N/c1-9-5-4-6-12(10(9)2)13-7-8-14(15)11(13)3/h4-6,11,13-14H,7-8,15H2,1-3H3. The van der Waals surface area contributed by atoms with Crippen LogP contribution in [0.15, 0.2) is 18.2 Å². The molecule has 0 radical (unpaired) electrons. The maximum atomic E-state index is 6.09. The van der Waals surface area contributed by atoms with Gasteiger partial charge in [0.25, 0.3) is 0 Å². The van der Waals surface area contributed by atoms with Gasteiger partial charge >= 0.3 is 0 Å². The van der Waals surface area contributed by atoms with Crippen LogP contribution in [0, 0.1) is 19.8 Å². The average molecular weight is 203 g/mol. The van der Waals surface area contributed by atoms with Crippen molar-refractivity contribution >= 4 is 0 Å². The zero-order valence-electron chi connectivity index (χ0n) is 9.96. The predicted octanol–water partition coefficient (Wildman–Crippen LogP) is 3.14. The summed E-state index contributed by atoms with van der Waals surface area (Å²) in [6.07, 6.45) is 2.44. The molecule has 3 atom stereocenters. The lowest BCUT2D eigenvalue weighted by molar-refractivity contribution is 0.478. The van der Waals surface area contributed by atoms with Crippen molar-refractivity contribution < 1.29 is 0 Å². The van der Waals surface area contributed by atoms with E-state index < -0.39 is 0 Å². The molecule has 0 saturated heterocycles. The summed E-state index contributed by atoms with van der Waals surface area (Å²) < 4.78 is 0. The summed E-state index contributed by atoms with van der Waals surface area (Å²) in [6, 6.07) is 7.05. The van der Waals surface area contributed by atoms with Crippen molar-refractivity contribution in [3.05, 3.63) is 34.9 Å². The van der Waals surface area contributed by atoms with Crippen LogP contribution in [0.5, 0.6) is 0 Å². The van der Waals surface area contributed by atoms with Gasteiger partial charge in [0.15, 0.2) is 0 Å². The first-order chi connectivity index (χ1) is 7.11. The highest BCUT2D eigenvalue weighted by atomic mass is 14.7. The molecule has 15 heavy (non-hydrogen) atoms. The molecule has 0 heterocycles. The largest absolute Gasteiger partial charge is 0.327 e. The van der Waals surface area contributed by atoms with E-state index in [4.69, 9.17) is 5.73 Å². The topological polar surface area (TPSA) is 26.0 Å². The second-order valence-electron chi connectivity index (χ2n) is 5.00. The van der Waals surface area contributed by atoms with Gasteiger partial charge in [-0.3, -0.25) is 0 Å². The summed E-state index contributed by atoms with van der Waals surface area (Å²) in [5, 5.41) is 0. The Morgan fingerprint density at radius 2 is 1.93 bits per heavy atom. The van der Waals surface area contributed by atoms with Crippen molar-refractivity contribution in [2.45, 2.75) is 45.6 Å². The normalized spacial score (nSPS) is 30.8. The van der Waals surface area contributed by atoms with E-state index in [1.54, 1.807) is 0 Å². The minimum atomic E-state index is 0.398. The first kappa shape index (κ1) is 10.7. The van der Waals surface area contributed by atoms with Gasteiger partial charge in [-0.05, 0) is 55.2 Å². The average Bonchev–Trinajstić information content (AvgIpc) is 2.53. The predicted molar refractivity (Wildman–Crippen MR) is 65.0 cm³/mol. The minimum Gasteiger partial charge on any atom is -0.327 e. The Labute approximate surface area is 92.7 Å². The van der Waals surface area contributed by atoms with Crippen molar-refractivity contribution in [2.24, 2.45) is 11.7 Å². The summed E-state index contributed by atoms with van der Waals surface area (Å²) in [6.45, 7) is 6.73. The highest BCUT2D eigenvalue weighted by molar-refractivity contribution is 5.36. The Bertz CT molecular complexity index is 356. The first-order valence-corrected chi connectivity index (χ1v) is 5.93. The molecule has 2 rings (SSSR count). The summed E-state index contributed by atoms with van der Waals surface area (Å²) in [5.74, 6) is 1.31. The van der Waals surface area contributed by atoms with E-state index in [2.05, 4.69) is 39.0 Å². The molecule has 0 amide bonds. The molecule has 1 fully saturated rings. The van der Waals surface area contributed by atoms with E-state index in [0.717, 1.165) is 0 Å². The van der Waals surface area contributed by atoms with Gasteiger partial charge in [-0.25, -0.2) is 0 Å². The monoisotopic (exact) mass is 203 g/mol. The van der Waals surface area contributed by atoms with Crippen LogP contribution in [-0.2, 0) is 0 Å². The van der Waals surface area contributed by atoms with Crippen LogP contribution in [0.25, 0.3) is 0 Å².